The minimum Gasteiger partial charge on any atom is -0.461 e. The molecule has 3 heteroatoms. The summed E-state index contributed by atoms with van der Waals surface area (Å²) in [7, 11) is 0. The summed E-state index contributed by atoms with van der Waals surface area (Å²) in [6, 6.07) is 0. The first-order valence-corrected chi connectivity index (χ1v) is 2.72. The van der Waals surface area contributed by atoms with Crippen molar-refractivity contribution in [2.75, 3.05) is 0 Å². The number of ether oxygens (including phenoxy) is 1. The van der Waals surface area contributed by atoms with Gasteiger partial charge in [0.15, 0.2) is 12.0 Å². The van der Waals surface area contributed by atoms with Gasteiger partial charge in [0, 0.05) is 0 Å². The van der Waals surface area contributed by atoms with Crippen LogP contribution in [-0.4, -0.2) is 12.1 Å². The second kappa shape index (κ2) is 1.37. The van der Waals surface area contributed by atoms with Crippen molar-refractivity contribution >= 4 is 5.91 Å². The lowest BCUT2D eigenvalue weighted by Crippen LogP contribution is -2.23. The average molecular weight is 123 g/mol. The Bertz CT molecular complexity index is 215. The Kier molecular flexibility index (Phi) is 0.704. The fourth-order valence-electron chi connectivity index (χ4n) is 0.866. The molecule has 0 saturated carbocycles. The molecule has 2 heterocycles. The molecule has 1 N–H and O–H groups in total. The lowest BCUT2D eigenvalue weighted by molar-refractivity contribution is -0.116. The number of carbonyl (C=O) groups is 1. The van der Waals surface area contributed by atoms with Crippen LogP contribution in [0.5, 0.6) is 0 Å². The summed E-state index contributed by atoms with van der Waals surface area (Å²) in [5, 5.41) is 2.60. The molecule has 1 atom stereocenters. The van der Waals surface area contributed by atoms with Crippen molar-refractivity contribution < 1.29 is 9.53 Å². The minimum absolute atomic E-state index is 0.120. The standard InChI is InChI=1S/C6H5NO2/c8-6-4-2-1-3-5(7-6)9-4/h1-3,5H,(H,7,8). The van der Waals surface area contributed by atoms with E-state index in [-0.39, 0.29) is 12.1 Å². The molecular formula is C6H5NO2. The molecular weight excluding hydrogens is 118 g/mol. The number of nitrogens with one attached hydrogen (secondary N) is 1. The average Bonchev–Trinajstić information content (AvgIpc) is 2.09. The highest BCUT2D eigenvalue weighted by Crippen LogP contribution is 2.15. The first kappa shape index (κ1) is 4.61. The number of carbonyl (C=O) groups excluding carboxylic acids is 1. The summed E-state index contributed by atoms with van der Waals surface area (Å²) in [5.41, 5.74) is 0. The van der Waals surface area contributed by atoms with Crippen molar-refractivity contribution in [2.45, 2.75) is 6.23 Å². The Morgan fingerprint density at radius 2 is 2.56 bits per heavy atom. The van der Waals surface area contributed by atoms with Crippen molar-refractivity contribution in [3.63, 3.8) is 0 Å². The normalized spacial score (nSPS) is 29.1. The zero-order valence-corrected chi connectivity index (χ0v) is 4.63. The summed E-state index contributed by atoms with van der Waals surface area (Å²) in [5.74, 6) is 0.299. The molecule has 9 heavy (non-hydrogen) atoms. The molecule has 1 saturated heterocycles. The number of amides is 1. The van der Waals surface area contributed by atoms with E-state index in [1.54, 1.807) is 18.2 Å². The highest BCUT2D eigenvalue weighted by Gasteiger charge is 2.26. The van der Waals surface area contributed by atoms with Gasteiger partial charge in [-0.05, 0) is 12.2 Å². The zero-order chi connectivity index (χ0) is 6.27. The van der Waals surface area contributed by atoms with E-state index in [1.807, 2.05) is 0 Å². The van der Waals surface area contributed by atoms with Gasteiger partial charge in [-0.2, -0.15) is 0 Å². The molecule has 2 aliphatic heterocycles. The van der Waals surface area contributed by atoms with Gasteiger partial charge in [0.1, 0.15) is 0 Å². The highest BCUT2D eigenvalue weighted by molar-refractivity contribution is 5.94. The van der Waals surface area contributed by atoms with Crippen LogP contribution in [0.25, 0.3) is 0 Å². The van der Waals surface area contributed by atoms with Crippen LogP contribution in [0.3, 0.4) is 0 Å². The Labute approximate surface area is 52.0 Å². The lowest BCUT2D eigenvalue weighted by Gasteiger charge is -2.04. The van der Waals surface area contributed by atoms with Gasteiger partial charge in [-0.15, -0.1) is 0 Å². The number of allylic oxidation sites excluding steroid dienone is 2. The molecule has 0 spiro atoms. The number of rotatable bonds is 0. The van der Waals surface area contributed by atoms with Crippen molar-refractivity contribution in [1.82, 2.24) is 5.32 Å². The second-order valence-electron chi connectivity index (χ2n) is 1.93. The first-order chi connectivity index (χ1) is 4.36. The lowest BCUT2D eigenvalue weighted by atomic mass is 10.4. The molecule has 46 valence electrons. The third-order valence-electron chi connectivity index (χ3n) is 1.28. The SMILES string of the molecule is O=C1NC2C=CC=C1O2. The summed E-state index contributed by atoms with van der Waals surface area (Å²) in [4.78, 5) is 10.7. The molecule has 2 rings (SSSR count). The third kappa shape index (κ3) is 0.543. The van der Waals surface area contributed by atoms with Gasteiger partial charge in [-0.25, -0.2) is 0 Å². The molecule has 0 radical (unpaired) electrons. The smallest absolute Gasteiger partial charge is 0.289 e. The maximum atomic E-state index is 10.7. The first-order valence-electron chi connectivity index (χ1n) is 2.72. The molecule has 0 aromatic heterocycles. The van der Waals surface area contributed by atoms with Crippen LogP contribution in [0.4, 0.5) is 0 Å². The van der Waals surface area contributed by atoms with E-state index >= 15 is 0 Å². The number of hydrogen-bond donors (Lipinski definition) is 1. The van der Waals surface area contributed by atoms with E-state index in [1.165, 1.54) is 0 Å². The van der Waals surface area contributed by atoms with Gasteiger partial charge in [-0.3, -0.25) is 4.79 Å². The summed E-state index contributed by atoms with van der Waals surface area (Å²) >= 11 is 0. The fraction of sp³-hybridized carbons (Fsp3) is 0.167. The highest BCUT2D eigenvalue weighted by atomic mass is 16.5. The molecule has 0 aromatic rings. The molecule has 1 unspecified atom stereocenters. The van der Waals surface area contributed by atoms with Crippen LogP contribution in [0.1, 0.15) is 0 Å². The van der Waals surface area contributed by atoms with Gasteiger partial charge in [0.2, 0.25) is 0 Å². The quantitative estimate of drug-likeness (QED) is 0.489. The maximum Gasteiger partial charge on any atom is 0.289 e. The predicted molar refractivity (Wildman–Crippen MR) is 30.2 cm³/mol. The van der Waals surface area contributed by atoms with Crippen molar-refractivity contribution in [2.24, 2.45) is 0 Å². The summed E-state index contributed by atoms with van der Waals surface area (Å²) in [6.45, 7) is 0. The monoisotopic (exact) mass is 123 g/mol. The topological polar surface area (TPSA) is 38.3 Å². The molecule has 2 aliphatic rings. The van der Waals surface area contributed by atoms with E-state index < -0.39 is 0 Å². The third-order valence-corrected chi connectivity index (χ3v) is 1.28. The summed E-state index contributed by atoms with van der Waals surface area (Å²) in [6.07, 6.45) is 5.03. The van der Waals surface area contributed by atoms with Crippen molar-refractivity contribution in [1.29, 1.82) is 0 Å². The minimum atomic E-state index is -0.211. The molecule has 3 nitrogen and oxygen atoms in total. The Hall–Kier alpha value is -1.25. The molecule has 0 aliphatic carbocycles. The van der Waals surface area contributed by atoms with Gasteiger partial charge >= 0.3 is 0 Å². The zero-order valence-electron chi connectivity index (χ0n) is 4.63. The van der Waals surface area contributed by atoms with Gasteiger partial charge in [0.25, 0.3) is 5.91 Å². The van der Waals surface area contributed by atoms with Gasteiger partial charge in [-0.1, -0.05) is 6.08 Å². The fourth-order valence-corrected chi connectivity index (χ4v) is 0.866. The van der Waals surface area contributed by atoms with Crippen LogP contribution in [0.2, 0.25) is 0 Å². The molecule has 1 amide bonds. The van der Waals surface area contributed by atoms with E-state index in [4.69, 9.17) is 4.74 Å². The van der Waals surface area contributed by atoms with E-state index in [2.05, 4.69) is 5.32 Å². The Morgan fingerprint density at radius 1 is 1.67 bits per heavy atom. The maximum absolute atomic E-state index is 10.7. The molecule has 0 aromatic carbocycles. The van der Waals surface area contributed by atoms with E-state index in [0.717, 1.165) is 0 Å². The largest absolute Gasteiger partial charge is 0.461 e. The van der Waals surface area contributed by atoms with Crippen LogP contribution in [0, 0.1) is 0 Å². The number of hydrogen-bond acceptors (Lipinski definition) is 2. The molecule has 2 bridgehead atoms. The van der Waals surface area contributed by atoms with Gasteiger partial charge in [0.05, 0.1) is 0 Å². The van der Waals surface area contributed by atoms with Crippen LogP contribution in [-0.2, 0) is 9.53 Å². The summed E-state index contributed by atoms with van der Waals surface area (Å²) < 4.78 is 5.02. The number of fused-ring (bicyclic) bond motifs is 2. The Morgan fingerprint density at radius 3 is 3.22 bits per heavy atom. The van der Waals surface area contributed by atoms with Crippen molar-refractivity contribution in [3.8, 4) is 0 Å². The second-order valence-corrected chi connectivity index (χ2v) is 1.93. The molecule has 1 fully saturated rings. The van der Waals surface area contributed by atoms with Crippen LogP contribution >= 0.6 is 0 Å². The predicted octanol–water partition coefficient (Wildman–Crippen LogP) is -0.0874. The van der Waals surface area contributed by atoms with Gasteiger partial charge < -0.3 is 10.1 Å². The van der Waals surface area contributed by atoms with Crippen LogP contribution < -0.4 is 5.32 Å². The van der Waals surface area contributed by atoms with Crippen LogP contribution in [0.15, 0.2) is 24.0 Å². The Balaban J connectivity index is 2.42. The van der Waals surface area contributed by atoms with E-state index in [0.29, 0.717) is 5.76 Å². The van der Waals surface area contributed by atoms with E-state index in [9.17, 15) is 4.79 Å². The van der Waals surface area contributed by atoms with Crippen molar-refractivity contribution in [3.05, 3.63) is 24.0 Å².